The molecule has 1 saturated carbocycles. The molecule has 1 aliphatic heterocycles. The molecule has 0 spiro atoms. The van der Waals surface area contributed by atoms with Crippen molar-refractivity contribution in [3.63, 3.8) is 0 Å². The van der Waals surface area contributed by atoms with Crippen LogP contribution in [-0.4, -0.2) is 24.0 Å². The number of fused-ring (bicyclic) bond motifs is 1. The predicted molar refractivity (Wildman–Crippen MR) is 75.6 cm³/mol. The molecule has 1 aromatic rings. The summed E-state index contributed by atoms with van der Waals surface area (Å²) < 4.78 is 0. The molecule has 0 bridgehead atoms. The first-order chi connectivity index (χ1) is 8.65. The van der Waals surface area contributed by atoms with Gasteiger partial charge < -0.3 is 5.73 Å². The predicted octanol–water partition coefficient (Wildman–Crippen LogP) is 3.07. The second-order valence-electron chi connectivity index (χ2n) is 5.85. The van der Waals surface area contributed by atoms with Crippen molar-refractivity contribution in [1.29, 1.82) is 0 Å². The van der Waals surface area contributed by atoms with E-state index in [0.29, 0.717) is 18.0 Å². The molecule has 0 radical (unpaired) electrons. The number of hydrogen-bond acceptors (Lipinski definition) is 2. The average molecular weight is 265 g/mol. The Bertz CT molecular complexity index is 434. The summed E-state index contributed by atoms with van der Waals surface area (Å²) in [6.45, 7) is 4.63. The molecule has 0 aromatic heterocycles. The summed E-state index contributed by atoms with van der Waals surface area (Å²) in [7, 11) is 0. The molecule has 2 fully saturated rings. The smallest absolute Gasteiger partial charge is 0.0409 e. The largest absolute Gasteiger partial charge is 0.327 e. The van der Waals surface area contributed by atoms with Gasteiger partial charge in [-0.1, -0.05) is 23.7 Å². The van der Waals surface area contributed by atoms with E-state index in [1.54, 1.807) is 0 Å². The van der Waals surface area contributed by atoms with Gasteiger partial charge in [-0.3, -0.25) is 4.90 Å². The van der Waals surface area contributed by atoms with Gasteiger partial charge in [0.05, 0.1) is 0 Å². The molecule has 2 N–H and O–H groups in total. The Morgan fingerprint density at radius 2 is 2.17 bits per heavy atom. The number of rotatable bonds is 2. The molecule has 1 aromatic carbocycles. The molecule has 2 nitrogen and oxygen atoms in total. The van der Waals surface area contributed by atoms with Crippen LogP contribution in [-0.2, 0) is 0 Å². The summed E-state index contributed by atoms with van der Waals surface area (Å²) >= 11 is 6.08. The first-order valence-electron chi connectivity index (χ1n) is 6.90. The van der Waals surface area contributed by atoms with Gasteiger partial charge in [-0.15, -0.1) is 0 Å². The highest BCUT2D eigenvalue weighted by Crippen LogP contribution is 2.40. The fourth-order valence-electron chi connectivity index (χ4n) is 3.64. The second kappa shape index (κ2) is 4.84. The number of halogens is 1. The lowest BCUT2D eigenvalue weighted by atomic mass is 9.98. The van der Waals surface area contributed by atoms with Gasteiger partial charge >= 0.3 is 0 Å². The summed E-state index contributed by atoms with van der Waals surface area (Å²) in [5.41, 5.74) is 7.51. The van der Waals surface area contributed by atoms with Crippen molar-refractivity contribution in [3.05, 3.63) is 34.9 Å². The maximum atomic E-state index is 6.20. The van der Waals surface area contributed by atoms with Gasteiger partial charge in [0.15, 0.2) is 0 Å². The summed E-state index contributed by atoms with van der Waals surface area (Å²) in [6, 6.07) is 9.10. The molecule has 2 aliphatic rings. The Morgan fingerprint density at radius 3 is 2.89 bits per heavy atom. The lowest BCUT2D eigenvalue weighted by Crippen LogP contribution is -2.31. The van der Waals surface area contributed by atoms with E-state index < -0.39 is 0 Å². The highest BCUT2D eigenvalue weighted by molar-refractivity contribution is 6.30. The van der Waals surface area contributed by atoms with Crippen LogP contribution in [0.5, 0.6) is 0 Å². The van der Waals surface area contributed by atoms with Gasteiger partial charge in [-0.2, -0.15) is 0 Å². The number of benzene rings is 1. The quantitative estimate of drug-likeness (QED) is 0.890. The van der Waals surface area contributed by atoms with Crippen molar-refractivity contribution in [1.82, 2.24) is 4.90 Å². The lowest BCUT2D eigenvalue weighted by Gasteiger charge is -2.26. The van der Waals surface area contributed by atoms with Crippen LogP contribution < -0.4 is 5.73 Å². The summed E-state index contributed by atoms with van der Waals surface area (Å²) in [5.74, 6) is 1.54. The maximum absolute atomic E-state index is 6.20. The van der Waals surface area contributed by atoms with Gasteiger partial charge in [-0.25, -0.2) is 0 Å². The van der Waals surface area contributed by atoms with Crippen molar-refractivity contribution in [2.75, 3.05) is 13.1 Å². The van der Waals surface area contributed by atoms with E-state index in [-0.39, 0.29) is 0 Å². The van der Waals surface area contributed by atoms with Gasteiger partial charge in [0.2, 0.25) is 0 Å². The van der Waals surface area contributed by atoms with Crippen LogP contribution in [0.25, 0.3) is 0 Å². The number of nitrogens with zero attached hydrogens (tertiary/aromatic N) is 1. The molecule has 18 heavy (non-hydrogen) atoms. The van der Waals surface area contributed by atoms with Crippen molar-refractivity contribution >= 4 is 11.6 Å². The normalized spacial score (nSPS) is 33.6. The van der Waals surface area contributed by atoms with Crippen molar-refractivity contribution in [2.45, 2.75) is 31.8 Å². The zero-order valence-corrected chi connectivity index (χ0v) is 11.6. The molecule has 3 heteroatoms. The molecule has 4 atom stereocenters. The Labute approximate surface area is 114 Å². The molecular weight excluding hydrogens is 244 g/mol. The standard InChI is InChI=1S/C15H21ClN2/c1-10(11-3-2-4-13(16)7-11)18-8-12-5-6-15(17)14(12)9-18/h2-4,7,10,12,14-15H,5-6,8-9,17H2,1H3. The summed E-state index contributed by atoms with van der Waals surface area (Å²) in [5, 5.41) is 0.829. The van der Waals surface area contributed by atoms with E-state index in [1.807, 2.05) is 12.1 Å². The zero-order valence-electron chi connectivity index (χ0n) is 10.8. The van der Waals surface area contributed by atoms with E-state index in [0.717, 1.165) is 17.5 Å². The third-order valence-electron chi connectivity index (χ3n) is 4.82. The molecule has 1 aliphatic carbocycles. The summed E-state index contributed by atoms with van der Waals surface area (Å²) in [6.07, 6.45) is 2.53. The SMILES string of the molecule is CC(c1cccc(Cl)c1)N1CC2CCC(N)C2C1. The van der Waals surface area contributed by atoms with E-state index in [1.165, 1.54) is 24.9 Å². The molecular formula is C15H21ClN2. The molecule has 98 valence electrons. The minimum absolute atomic E-state index is 0.423. The van der Waals surface area contributed by atoms with Crippen molar-refractivity contribution in [2.24, 2.45) is 17.6 Å². The topological polar surface area (TPSA) is 29.3 Å². The van der Waals surface area contributed by atoms with Crippen LogP contribution in [0, 0.1) is 11.8 Å². The molecule has 1 saturated heterocycles. The number of hydrogen-bond donors (Lipinski definition) is 1. The van der Waals surface area contributed by atoms with Crippen LogP contribution in [0.3, 0.4) is 0 Å². The Kier molecular flexibility index (Phi) is 3.35. The molecule has 3 rings (SSSR count). The van der Waals surface area contributed by atoms with Gasteiger partial charge in [0.25, 0.3) is 0 Å². The first-order valence-corrected chi connectivity index (χ1v) is 7.28. The first kappa shape index (κ1) is 12.5. The van der Waals surface area contributed by atoms with Gasteiger partial charge in [0.1, 0.15) is 0 Å². The fraction of sp³-hybridized carbons (Fsp3) is 0.600. The Balaban J connectivity index is 1.73. The van der Waals surface area contributed by atoms with Crippen LogP contribution in [0.4, 0.5) is 0 Å². The minimum Gasteiger partial charge on any atom is -0.327 e. The number of likely N-dealkylation sites (tertiary alicyclic amines) is 1. The lowest BCUT2D eigenvalue weighted by molar-refractivity contribution is 0.239. The van der Waals surface area contributed by atoms with Crippen LogP contribution in [0.2, 0.25) is 5.02 Å². The van der Waals surface area contributed by atoms with Crippen LogP contribution in [0.15, 0.2) is 24.3 Å². The van der Waals surface area contributed by atoms with Gasteiger partial charge in [-0.05, 0) is 49.3 Å². The Morgan fingerprint density at radius 1 is 1.33 bits per heavy atom. The maximum Gasteiger partial charge on any atom is 0.0409 e. The zero-order chi connectivity index (χ0) is 12.7. The summed E-state index contributed by atoms with van der Waals surface area (Å²) in [4.78, 5) is 2.57. The molecule has 0 amide bonds. The van der Waals surface area contributed by atoms with Crippen LogP contribution >= 0.6 is 11.6 Å². The molecule has 4 unspecified atom stereocenters. The Hall–Kier alpha value is -0.570. The second-order valence-corrected chi connectivity index (χ2v) is 6.29. The highest BCUT2D eigenvalue weighted by Gasteiger charge is 2.42. The van der Waals surface area contributed by atoms with E-state index in [2.05, 4.69) is 24.0 Å². The van der Waals surface area contributed by atoms with E-state index in [4.69, 9.17) is 17.3 Å². The van der Waals surface area contributed by atoms with Crippen molar-refractivity contribution < 1.29 is 0 Å². The third kappa shape index (κ3) is 2.18. The van der Waals surface area contributed by atoms with Crippen LogP contribution in [0.1, 0.15) is 31.4 Å². The monoisotopic (exact) mass is 264 g/mol. The minimum atomic E-state index is 0.423. The average Bonchev–Trinajstić information content (AvgIpc) is 2.91. The van der Waals surface area contributed by atoms with Gasteiger partial charge in [0, 0.05) is 30.2 Å². The number of nitrogens with two attached hydrogens (primary N) is 1. The van der Waals surface area contributed by atoms with E-state index in [9.17, 15) is 0 Å². The highest BCUT2D eigenvalue weighted by atomic mass is 35.5. The van der Waals surface area contributed by atoms with E-state index >= 15 is 0 Å². The fourth-order valence-corrected chi connectivity index (χ4v) is 3.83. The third-order valence-corrected chi connectivity index (χ3v) is 5.05. The molecule has 1 heterocycles. The van der Waals surface area contributed by atoms with Crippen molar-refractivity contribution in [3.8, 4) is 0 Å².